The first-order valence-corrected chi connectivity index (χ1v) is 8.52. The normalized spacial score (nSPS) is 42.7. The largest absolute Gasteiger partial charge is 0.381 e. The maximum absolute atomic E-state index is 12.6. The summed E-state index contributed by atoms with van der Waals surface area (Å²) in [4.78, 5) is 12.6. The van der Waals surface area contributed by atoms with Crippen LogP contribution in [0.25, 0.3) is 0 Å². The van der Waals surface area contributed by atoms with E-state index in [0.717, 1.165) is 19.3 Å². The van der Waals surface area contributed by atoms with Crippen LogP contribution in [0.1, 0.15) is 52.4 Å². The Morgan fingerprint density at radius 3 is 2.27 bits per heavy atom. The molecule has 3 saturated carbocycles. The predicted molar refractivity (Wildman–Crippen MR) is 89.9 cm³/mol. The highest BCUT2D eigenvalue weighted by atomic mass is 35.5. The van der Waals surface area contributed by atoms with Crippen LogP contribution in [0.5, 0.6) is 0 Å². The van der Waals surface area contributed by atoms with Gasteiger partial charge in [-0.3, -0.25) is 4.79 Å². The van der Waals surface area contributed by atoms with Crippen molar-refractivity contribution in [2.45, 2.75) is 70.6 Å². The van der Waals surface area contributed by atoms with Crippen LogP contribution in [0.4, 0.5) is 0 Å². The summed E-state index contributed by atoms with van der Waals surface area (Å²) in [7, 11) is 1.76. The number of carbonyl (C=O) groups is 1. The molecular weight excluding hydrogens is 300 g/mol. The Kier molecular flexibility index (Phi) is 5.46. The van der Waals surface area contributed by atoms with Crippen LogP contribution in [0, 0.1) is 23.2 Å². The van der Waals surface area contributed by atoms with Crippen LogP contribution in [0.3, 0.4) is 0 Å². The fourth-order valence-electron chi connectivity index (χ4n) is 4.82. The maximum Gasteiger partial charge on any atom is 0.223 e. The first-order chi connectivity index (χ1) is 9.93. The standard InChI is InChI=1S/C17H30N2O2.ClH/c1-17(2)13(9-14(17)21-3)19-16(20)12-7-10-5-4-6-11(8-12)15(10)18;/h10-15H,4-9,18H2,1-3H3,(H,19,20);1H. The molecule has 0 aromatic rings. The lowest BCUT2D eigenvalue weighted by Crippen LogP contribution is -2.63. The van der Waals surface area contributed by atoms with Gasteiger partial charge < -0.3 is 15.8 Å². The second-order valence-corrected chi connectivity index (χ2v) is 8.04. The van der Waals surface area contributed by atoms with E-state index >= 15 is 0 Å². The van der Waals surface area contributed by atoms with E-state index in [1.807, 2.05) is 0 Å². The molecule has 4 nitrogen and oxygen atoms in total. The van der Waals surface area contributed by atoms with Crippen LogP contribution >= 0.6 is 12.4 Å². The van der Waals surface area contributed by atoms with Gasteiger partial charge in [0.2, 0.25) is 5.91 Å². The fraction of sp³-hybridized carbons (Fsp3) is 0.941. The lowest BCUT2D eigenvalue weighted by atomic mass is 9.63. The average molecular weight is 331 g/mol. The van der Waals surface area contributed by atoms with Gasteiger partial charge in [-0.25, -0.2) is 0 Å². The predicted octanol–water partition coefficient (Wildman–Crippen LogP) is 2.49. The highest BCUT2D eigenvalue weighted by Crippen LogP contribution is 2.44. The summed E-state index contributed by atoms with van der Waals surface area (Å²) < 4.78 is 5.47. The zero-order chi connectivity index (χ0) is 15.2. The Labute approximate surface area is 140 Å². The van der Waals surface area contributed by atoms with Gasteiger partial charge in [-0.1, -0.05) is 20.3 Å². The summed E-state index contributed by atoms with van der Waals surface area (Å²) in [5.41, 5.74) is 6.36. The number of hydrogen-bond donors (Lipinski definition) is 2. The first kappa shape index (κ1) is 18.0. The van der Waals surface area contributed by atoms with Crippen LogP contribution in [0.15, 0.2) is 0 Å². The van der Waals surface area contributed by atoms with Gasteiger partial charge in [0.15, 0.2) is 0 Å². The number of halogens is 1. The van der Waals surface area contributed by atoms with E-state index in [2.05, 4.69) is 19.2 Å². The molecular formula is C17H31ClN2O2. The Hall–Kier alpha value is -0.320. The molecule has 0 heterocycles. The van der Waals surface area contributed by atoms with Gasteiger partial charge in [0, 0.05) is 30.5 Å². The van der Waals surface area contributed by atoms with E-state index in [9.17, 15) is 4.79 Å². The number of nitrogens with two attached hydrogens (primary N) is 1. The minimum Gasteiger partial charge on any atom is -0.381 e. The molecule has 1 amide bonds. The number of amides is 1. The van der Waals surface area contributed by atoms with E-state index in [-0.39, 0.29) is 41.8 Å². The van der Waals surface area contributed by atoms with Crippen molar-refractivity contribution in [2.24, 2.45) is 28.9 Å². The van der Waals surface area contributed by atoms with Gasteiger partial charge in [-0.05, 0) is 43.9 Å². The molecule has 0 saturated heterocycles. The summed E-state index contributed by atoms with van der Waals surface area (Å²) in [6, 6.07) is 0.589. The van der Waals surface area contributed by atoms with Crippen molar-refractivity contribution in [2.75, 3.05) is 7.11 Å². The summed E-state index contributed by atoms with van der Waals surface area (Å²) in [5, 5.41) is 3.29. The van der Waals surface area contributed by atoms with E-state index < -0.39 is 0 Å². The van der Waals surface area contributed by atoms with Crippen molar-refractivity contribution in [3.8, 4) is 0 Å². The SMILES string of the molecule is COC1CC(NC(=O)C2CC3CCCC(C2)C3N)C1(C)C.Cl. The molecule has 3 N–H and O–H groups in total. The highest BCUT2D eigenvalue weighted by molar-refractivity contribution is 5.85. The molecule has 4 atom stereocenters. The quantitative estimate of drug-likeness (QED) is 0.835. The van der Waals surface area contributed by atoms with E-state index in [1.54, 1.807) is 7.11 Å². The number of hydrogen-bond acceptors (Lipinski definition) is 3. The summed E-state index contributed by atoms with van der Waals surface area (Å²) in [6.45, 7) is 4.36. The van der Waals surface area contributed by atoms with Crippen LogP contribution in [-0.4, -0.2) is 31.2 Å². The number of carbonyl (C=O) groups excluding carboxylic acids is 1. The zero-order valence-corrected chi connectivity index (χ0v) is 14.8. The van der Waals surface area contributed by atoms with Gasteiger partial charge in [-0.2, -0.15) is 0 Å². The molecule has 0 radical (unpaired) electrons. The number of rotatable bonds is 3. The lowest BCUT2D eigenvalue weighted by molar-refractivity contribution is -0.138. The average Bonchev–Trinajstić information content (AvgIpc) is 2.42. The van der Waals surface area contributed by atoms with Crippen molar-refractivity contribution in [3.63, 3.8) is 0 Å². The molecule has 3 fully saturated rings. The second kappa shape index (κ2) is 6.66. The minimum atomic E-state index is 0. The van der Waals surface area contributed by atoms with Crippen LogP contribution < -0.4 is 11.1 Å². The minimum absolute atomic E-state index is 0. The maximum atomic E-state index is 12.6. The highest BCUT2D eigenvalue weighted by Gasteiger charge is 2.50. The molecule has 2 bridgehead atoms. The van der Waals surface area contributed by atoms with Crippen molar-refractivity contribution in [3.05, 3.63) is 0 Å². The third kappa shape index (κ3) is 3.02. The van der Waals surface area contributed by atoms with Gasteiger partial charge in [0.1, 0.15) is 0 Å². The van der Waals surface area contributed by atoms with Crippen molar-refractivity contribution in [1.29, 1.82) is 0 Å². The molecule has 0 aromatic heterocycles. The van der Waals surface area contributed by atoms with Crippen molar-refractivity contribution < 1.29 is 9.53 Å². The molecule has 3 aliphatic carbocycles. The van der Waals surface area contributed by atoms with Crippen LogP contribution in [0.2, 0.25) is 0 Å². The number of fused-ring (bicyclic) bond motifs is 2. The Bertz CT molecular complexity index is 401. The summed E-state index contributed by atoms with van der Waals surface area (Å²) >= 11 is 0. The molecule has 0 aromatic carbocycles. The molecule has 128 valence electrons. The number of nitrogens with one attached hydrogen (secondary N) is 1. The van der Waals surface area contributed by atoms with Crippen molar-refractivity contribution in [1.82, 2.24) is 5.32 Å². The molecule has 0 spiro atoms. The molecule has 5 heteroatoms. The molecule has 3 rings (SSSR count). The Morgan fingerprint density at radius 1 is 1.18 bits per heavy atom. The molecule has 3 aliphatic rings. The van der Waals surface area contributed by atoms with Gasteiger partial charge in [-0.15, -0.1) is 12.4 Å². The lowest BCUT2D eigenvalue weighted by Gasteiger charge is -2.52. The topological polar surface area (TPSA) is 64.3 Å². The van der Waals surface area contributed by atoms with Gasteiger partial charge >= 0.3 is 0 Å². The zero-order valence-electron chi connectivity index (χ0n) is 14.0. The fourth-order valence-corrected chi connectivity index (χ4v) is 4.82. The van der Waals surface area contributed by atoms with E-state index in [0.29, 0.717) is 17.9 Å². The third-order valence-electron chi connectivity index (χ3n) is 6.56. The smallest absolute Gasteiger partial charge is 0.223 e. The number of methoxy groups -OCH3 is 1. The summed E-state index contributed by atoms with van der Waals surface area (Å²) in [5.74, 6) is 1.56. The van der Waals surface area contributed by atoms with E-state index in [4.69, 9.17) is 10.5 Å². The van der Waals surface area contributed by atoms with Crippen LogP contribution in [-0.2, 0) is 9.53 Å². The first-order valence-electron chi connectivity index (χ1n) is 8.52. The van der Waals surface area contributed by atoms with Gasteiger partial charge in [0.25, 0.3) is 0 Å². The molecule has 4 unspecified atom stereocenters. The Morgan fingerprint density at radius 2 is 1.77 bits per heavy atom. The summed E-state index contributed by atoms with van der Waals surface area (Å²) in [6.07, 6.45) is 6.90. The molecule has 0 aliphatic heterocycles. The Balaban J connectivity index is 0.00000176. The third-order valence-corrected chi connectivity index (χ3v) is 6.56. The monoisotopic (exact) mass is 330 g/mol. The molecule has 22 heavy (non-hydrogen) atoms. The van der Waals surface area contributed by atoms with E-state index in [1.165, 1.54) is 19.3 Å². The number of ether oxygens (including phenoxy) is 1. The second-order valence-electron chi connectivity index (χ2n) is 8.04. The van der Waals surface area contributed by atoms with Crippen molar-refractivity contribution >= 4 is 18.3 Å². The van der Waals surface area contributed by atoms with Gasteiger partial charge in [0.05, 0.1) is 6.10 Å².